The quantitative estimate of drug-likeness (QED) is 0.528. The van der Waals surface area contributed by atoms with Gasteiger partial charge in [-0.25, -0.2) is 4.79 Å². The molecule has 0 unspecified atom stereocenters. The highest BCUT2D eigenvalue weighted by atomic mass is 79.9. The van der Waals surface area contributed by atoms with E-state index in [1.54, 1.807) is 12.1 Å². The van der Waals surface area contributed by atoms with E-state index in [4.69, 9.17) is 9.15 Å². The molecule has 0 saturated carbocycles. The van der Waals surface area contributed by atoms with Gasteiger partial charge in [-0.2, -0.15) is 0 Å². The summed E-state index contributed by atoms with van der Waals surface area (Å²) in [4.78, 5) is 26.2. The van der Waals surface area contributed by atoms with Crippen molar-refractivity contribution >= 4 is 44.1 Å². The van der Waals surface area contributed by atoms with Crippen LogP contribution in [0.3, 0.4) is 0 Å². The molecule has 5 nitrogen and oxygen atoms in total. The van der Waals surface area contributed by atoms with E-state index in [2.05, 4.69) is 21.2 Å². The number of anilines is 1. The first-order valence-electron chi connectivity index (χ1n) is 8.48. The molecule has 1 amide bonds. The van der Waals surface area contributed by atoms with Crippen LogP contribution in [0.1, 0.15) is 64.0 Å². The van der Waals surface area contributed by atoms with Gasteiger partial charge in [0.25, 0.3) is 5.91 Å². The lowest BCUT2D eigenvalue weighted by Gasteiger charge is -2.08. The molecule has 0 aliphatic heterocycles. The molecule has 1 aliphatic carbocycles. The summed E-state index contributed by atoms with van der Waals surface area (Å²) in [6.07, 6.45) is 5.87. The van der Waals surface area contributed by atoms with Gasteiger partial charge in [0.15, 0.2) is 10.4 Å². The van der Waals surface area contributed by atoms with Gasteiger partial charge in [0, 0.05) is 4.88 Å². The van der Waals surface area contributed by atoms with Crippen molar-refractivity contribution in [2.45, 2.75) is 45.4 Å². The normalized spacial score (nSPS) is 13.8. The third-order valence-electron chi connectivity index (χ3n) is 4.09. The minimum Gasteiger partial charge on any atom is -0.462 e. The standard InChI is InChI=1S/C18H20BrNO4S/c1-2-10-23-18(22)15-11-6-4-3-5-7-13(11)25-17(15)20-16(21)12-8-9-14(19)24-12/h8-9H,2-7,10H2,1H3,(H,20,21). The summed E-state index contributed by atoms with van der Waals surface area (Å²) in [5, 5.41) is 3.40. The average Bonchev–Trinajstić information content (AvgIpc) is 3.09. The molecule has 134 valence electrons. The van der Waals surface area contributed by atoms with E-state index in [-0.39, 0.29) is 17.6 Å². The summed E-state index contributed by atoms with van der Waals surface area (Å²) in [5.74, 6) is -0.521. The molecule has 25 heavy (non-hydrogen) atoms. The summed E-state index contributed by atoms with van der Waals surface area (Å²) in [5.41, 5.74) is 1.56. The van der Waals surface area contributed by atoms with E-state index in [9.17, 15) is 9.59 Å². The van der Waals surface area contributed by atoms with Gasteiger partial charge in [0.05, 0.1) is 12.2 Å². The van der Waals surface area contributed by atoms with E-state index in [1.807, 2.05) is 6.92 Å². The predicted molar refractivity (Wildman–Crippen MR) is 101 cm³/mol. The summed E-state index contributed by atoms with van der Waals surface area (Å²) in [7, 11) is 0. The predicted octanol–water partition coefficient (Wildman–Crippen LogP) is 5.19. The Hall–Kier alpha value is -1.60. The first kappa shape index (κ1) is 18.2. The molecule has 7 heteroatoms. The smallest absolute Gasteiger partial charge is 0.341 e. The van der Waals surface area contributed by atoms with Gasteiger partial charge < -0.3 is 14.5 Å². The Labute approximate surface area is 158 Å². The van der Waals surface area contributed by atoms with Crippen LogP contribution in [0, 0.1) is 0 Å². The van der Waals surface area contributed by atoms with Crippen LogP contribution in [0.4, 0.5) is 5.00 Å². The minimum atomic E-state index is -0.369. The number of carbonyl (C=O) groups is 2. The number of fused-ring (bicyclic) bond motifs is 1. The molecule has 0 bridgehead atoms. The Bertz CT molecular complexity index is 780. The topological polar surface area (TPSA) is 68.5 Å². The number of rotatable bonds is 5. The van der Waals surface area contributed by atoms with Gasteiger partial charge in [-0.3, -0.25) is 4.79 Å². The van der Waals surface area contributed by atoms with Crippen LogP contribution >= 0.6 is 27.3 Å². The molecule has 2 aromatic heterocycles. The molecular weight excluding hydrogens is 406 g/mol. The van der Waals surface area contributed by atoms with E-state index in [0.717, 1.165) is 44.1 Å². The van der Waals surface area contributed by atoms with Crippen LogP contribution in [0.5, 0.6) is 0 Å². The number of ether oxygens (including phenoxy) is 1. The number of thiophene rings is 1. The first-order chi connectivity index (χ1) is 12.1. The lowest BCUT2D eigenvalue weighted by Crippen LogP contribution is -2.15. The van der Waals surface area contributed by atoms with Crippen molar-refractivity contribution in [1.82, 2.24) is 0 Å². The highest BCUT2D eigenvalue weighted by Crippen LogP contribution is 2.38. The van der Waals surface area contributed by atoms with Crippen molar-refractivity contribution in [3.05, 3.63) is 38.6 Å². The maximum Gasteiger partial charge on any atom is 0.341 e. The number of nitrogens with one attached hydrogen (secondary N) is 1. The van der Waals surface area contributed by atoms with Crippen LogP contribution in [0.25, 0.3) is 0 Å². The van der Waals surface area contributed by atoms with Gasteiger partial charge in [0.1, 0.15) is 5.00 Å². The van der Waals surface area contributed by atoms with Crippen LogP contribution in [-0.2, 0) is 17.6 Å². The van der Waals surface area contributed by atoms with Crippen molar-refractivity contribution in [2.75, 3.05) is 11.9 Å². The lowest BCUT2D eigenvalue weighted by atomic mass is 10.1. The fourth-order valence-electron chi connectivity index (χ4n) is 2.91. The van der Waals surface area contributed by atoms with E-state index in [1.165, 1.54) is 16.2 Å². The summed E-state index contributed by atoms with van der Waals surface area (Å²) in [6, 6.07) is 3.25. The maximum absolute atomic E-state index is 12.6. The largest absolute Gasteiger partial charge is 0.462 e. The zero-order valence-electron chi connectivity index (χ0n) is 14.0. The van der Waals surface area contributed by atoms with Gasteiger partial charge in [0.2, 0.25) is 0 Å². The zero-order valence-corrected chi connectivity index (χ0v) is 16.4. The number of carbonyl (C=O) groups excluding carboxylic acids is 2. The van der Waals surface area contributed by atoms with Crippen LogP contribution in [-0.4, -0.2) is 18.5 Å². The maximum atomic E-state index is 12.6. The van der Waals surface area contributed by atoms with Crippen molar-refractivity contribution in [3.63, 3.8) is 0 Å². The molecular formula is C18H20BrNO4S. The monoisotopic (exact) mass is 425 g/mol. The van der Waals surface area contributed by atoms with E-state index >= 15 is 0 Å². The number of amides is 1. The fraction of sp³-hybridized carbons (Fsp3) is 0.444. The average molecular weight is 426 g/mol. The Balaban J connectivity index is 1.91. The van der Waals surface area contributed by atoms with Gasteiger partial charge in [-0.05, 0) is 65.7 Å². The van der Waals surface area contributed by atoms with Gasteiger partial charge in [-0.15, -0.1) is 11.3 Å². The molecule has 1 aliphatic rings. The Morgan fingerprint density at radius 1 is 1.28 bits per heavy atom. The second kappa shape index (κ2) is 8.19. The van der Waals surface area contributed by atoms with Gasteiger partial charge in [-0.1, -0.05) is 13.3 Å². The SMILES string of the molecule is CCCOC(=O)c1c(NC(=O)c2ccc(Br)o2)sc2c1CCCCC2. The number of aryl methyl sites for hydroxylation is 1. The summed E-state index contributed by atoms with van der Waals surface area (Å²) >= 11 is 4.67. The lowest BCUT2D eigenvalue weighted by molar-refractivity contribution is 0.0505. The summed E-state index contributed by atoms with van der Waals surface area (Å²) < 4.78 is 11.1. The van der Waals surface area contributed by atoms with Crippen LogP contribution < -0.4 is 5.32 Å². The highest BCUT2D eigenvalue weighted by molar-refractivity contribution is 9.10. The third kappa shape index (κ3) is 4.15. The first-order valence-corrected chi connectivity index (χ1v) is 10.1. The number of furan rings is 1. The molecule has 0 fully saturated rings. The molecule has 0 spiro atoms. The number of hydrogen-bond donors (Lipinski definition) is 1. The fourth-order valence-corrected chi connectivity index (χ4v) is 4.49. The van der Waals surface area contributed by atoms with Crippen LogP contribution in [0.2, 0.25) is 0 Å². The number of halogens is 1. The van der Waals surface area contributed by atoms with Gasteiger partial charge >= 0.3 is 5.97 Å². The molecule has 0 atom stereocenters. The number of hydrogen-bond acceptors (Lipinski definition) is 5. The number of esters is 1. The summed E-state index contributed by atoms with van der Waals surface area (Å²) in [6.45, 7) is 2.33. The van der Waals surface area contributed by atoms with Crippen LogP contribution in [0.15, 0.2) is 21.2 Å². The molecule has 0 radical (unpaired) electrons. The molecule has 3 rings (SSSR count). The molecule has 0 saturated heterocycles. The third-order valence-corrected chi connectivity index (χ3v) is 5.72. The molecule has 0 aromatic carbocycles. The molecule has 1 N–H and O–H groups in total. The van der Waals surface area contributed by atoms with Crippen molar-refractivity contribution in [2.24, 2.45) is 0 Å². The second-order valence-electron chi connectivity index (χ2n) is 5.96. The second-order valence-corrected chi connectivity index (χ2v) is 7.85. The zero-order chi connectivity index (χ0) is 17.8. The molecule has 2 aromatic rings. The Kier molecular flexibility index (Phi) is 5.96. The Morgan fingerprint density at radius 2 is 2.08 bits per heavy atom. The van der Waals surface area contributed by atoms with E-state index < -0.39 is 0 Å². The van der Waals surface area contributed by atoms with Crippen molar-refractivity contribution in [3.8, 4) is 0 Å². The van der Waals surface area contributed by atoms with Crippen molar-refractivity contribution in [1.29, 1.82) is 0 Å². The minimum absolute atomic E-state index is 0.198. The van der Waals surface area contributed by atoms with Crippen molar-refractivity contribution < 1.29 is 18.7 Å². The van der Waals surface area contributed by atoms with E-state index in [0.29, 0.717) is 21.8 Å². The Morgan fingerprint density at radius 3 is 2.80 bits per heavy atom. The molecule has 2 heterocycles. The highest BCUT2D eigenvalue weighted by Gasteiger charge is 2.27.